The molecule has 0 saturated heterocycles. The molecule has 4 heteroatoms. The van der Waals surface area contributed by atoms with Crippen molar-refractivity contribution in [2.75, 3.05) is 0 Å². The molecule has 0 amide bonds. The Hall–Kier alpha value is -8.05. The third kappa shape index (κ3) is 5.76. The van der Waals surface area contributed by atoms with Crippen molar-refractivity contribution >= 4 is 85.4 Å². The van der Waals surface area contributed by atoms with E-state index in [0.717, 1.165) is 54.1 Å². The predicted molar refractivity (Wildman–Crippen MR) is 267 cm³/mol. The van der Waals surface area contributed by atoms with Crippen LogP contribution in [0.3, 0.4) is 0 Å². The van der Waals surface area contributed by atoms with Crippen LogP contribution in [-0.4, -0.2) is 15.0 Å². The quantitative estimate of drug-likeness (QED) is 0.162. The summed E-state index contributed by atoms with van der Waals surface area (Å²) in [6.45, 7) is 0. The van der Waals surface area contributed by atoms with E-state index in [1.807, 2.05) is 0 Å². The van der Waals surface area contributed by atoms with Gasteiger partial charge in [-0.3, -0.25) is 0 Å². The second kappa shape index (κ2) is 14.3. The van der Waals surface area contributed by atoms with Crippen molar-refractivity contribution in [3.05, 3.63) is 212 Å². The molecule has 0 atom stereocenters. The lowest BCUT2D eigenvalue weighted by atomic mass is 9.88. The van der Waals surface area contributed by atoms with Gasteiger partial charge in [-0.25, -0.2) is 15.0 Å². The maximum absolute atomic E-state index is 5.58. The monoisotopic (exact) mass is 817 g/mol. The minimum atomic E-state index is 0.636. The molecule has 0 bridgehead atoms. The number of rotatable bonds is 5. The van der Waals surface area contributed by atoms with Gasteiger partial charge in [0.05, 0.1) is 0 Å². The van der Waals surface area contributed by atoms with Gasteiger partial charge in [-0.15, -0.1) is 11.3 Å². The molecule has 0 unspecified atom stereocenters. The lowest BCUT2D eigenvalue weighted by Crippen LogP contribution is -2.02. The molecule has 2 aromatic heterocycles. The molecule has 0 N–H and O–H groups in total. The van der Waals surface area contributed by atoms with E-state index in [2.05, 4.69) is 212 Å². The van der Waals surface area contributed by atoms with Gasteiger partial charge in [0.25, 0.3) is 0 Å². The first kappa shape index (κ1) is 35.7. The van der Waals surface area contributed by atoms with Crippen molar-refractivity contribution in [3.8, 4) is 56.4 Å². The van der Waals surface area contributed by atoms with Crippen LogP contribution in [0.1, 0.15) is 0 Å². The van der Waals surface area contributed by atoms with Crippen LogP contribution < -0.4 is 0 Å². The van der Waals surface area contributed by atoms with Gasteiger partial charge in [0.1, 0.15) is 0 Å². The molecule has 0 aliphatic rings. The molecule has 0 spiro atoms. The van der Waals surface area contributed by atoms with Gasteiger partial charge in [0.2, 0.25) is 0 Å². The number of aromatic nitrogens is 3. The van der Waals surface area contributed by atoms with E-state index in [-0.39, 0.29) is 0 Å². The minimum absolute atomic E-state index is 0.636. The van der Waals surface area contributed by atoms with Gasteiger partial charge in [0, 0.05) is 36.9 Å². The molecule has 63 heavy (non-hydrogen) atoms. The standard InChI is InChI=1S/C59H35N3S/c1-2-16-38-34-40(29-28-36(38)14-1)42-32-33-51(46-22-9-7-21-45(42)46)57-60-58(52-26-13-25-50-48-24-11-12-27-54(48)63-56(50)52)62-59(61-57)55-43-19-6-3-15-37(43)30-31-49(55)53-35-39-17-4-5-18-41(39)44-20-8-10-23-47(44)53/h1-35H. The smallest absolute Gasteiger partial charge is 0.165 e. The van der Waals surface area contributed by atoms with E-state index >= 15 is 0 Å². The largest absolute Gasteiger partial charge is 0.208 e. The van der Waals surface area contributed by atoms with E-state index in [1.54, 1.807) is 11.3 Å². The maximum atomic E-state index is 5.58. The third-order valence-corrected chi connectivity index (χ3v) is 13.9. The fraction of sp³-hybridized carbons (Fsp3) is 0. The van der Waals surface area contributed by atoms with Gasteiger partial charge in [0.15, 0.2) is 17.5 Å². The Morgan fingerprint density at radius 2 is 0.810 bits per heavy atom. The molecule has 0 saturated carbocycles. The van der Waals surface area contributed by atoms with Crippen LogP contribution in [0.2, 0.25) is 0 Å². The molecular weight excluding hydrogens is 783 g/mol. The zero-order valence-corrected chi connectivity index (χ0v) is 34.8. The van der Waals surface area contributed by atoms with Gasteiger partial charge in [-0.05, 0) is 106 Å². The second-order valence-corrected chi connectivity index (χ2v) is 17.3. The van der Waals surface area contributed by atoms with Gasteiger partial charge in [-0.1, -0.05) is 182 Å². The molecular formula is C59H35N3S. The zero-order chi connectivity index (χ0) is 41.4. The molecule has 13 aromatic rings. The molecule has 0 aliphatic heterocycles. The van der Waals surface area contributed by atoms with Crippen molar-refractivity contribution < 1.29 is 0 Å². The highest BCUT2D eigenvalue weighted by Gasteiger charge is 2.23. The van der Waals surface area contributed by atoms with Crippen LogP contribution in [0.4, 0.5) is 0 Å². The Morgan fingerprint density at radius 3 is 1.62 bits per heavy atom. The number of benzene rings is 11. The SMILES string of the molecule is c1ccc2cc(-c3ccc(-c4nc(-c5c(-c6cc7ccccc7c7ccccc67)ccc6ccccc56)nc(-c5cccc6c5sc5ccccc56)n4)c4ccccc34)ccc2c1. The Kier molecular flexibility index (Phi) is 8.08. The number of hydrogen-bond donors (Lipinski definition) is 0. The molecule has 3 nitrogen and oxygen atoms in total. The van der Waals surface area contributed by atoms with E-state index in [9.17, 15) is 0 Å². The van der Waals surface area contributed by atoms with E-state index < -0.39 is 0 Å². The summed E-state index contributed by atoms with van der Waals surface area (Å²) in [7, 11) is 0. The van der Waals surface area contributed by atoms with Crippen molar-refractivity contribution in [1.82, 2.24) is 15.0 Å². The fourth-order valence-electron chi connectivity index (χ4n) is 9.77. The Labute approximate surface area is 367 Å². The van der Waals surface area contributed by atoms with E-state index in [1.165, 1.54) is 58.9 Å². The number of nitrogens with zero attached hydrogens (tertiary/aromatic N) is 3. The average Bonchev–Trinajstić information content (AvgIpc) is 3.74. The molecule has 292 valence electrons. The van der Waals surface area contributed by atoms with Crippen LogP contribution in [0, 0.1) is 0 Å². The summed E-state index contributed by atoms with van der Waals surface area (Å²) in [6.07, 6.45) is 0. The maximum Gasteiger partial charge on any atom is 0.165 e. The summed E-state index contributed by atoms with van der Waals surface area (Å²) in [5, 5.41) is 14.2. The third-order valence-electron chi connectivity index (χ3n) is 12.7. The molecule has 0 aliphatic carbocycles. The van der Waals surface area contributed by atoms with Crippen LogP contribution in [0.25, 0.3) is 130 Å². The zero-order valence-electron chi connectivity index (χ0n) is 34.0. The number of hydrogen-bond acceptors (Lipinski definition) is 4. The van der Waals surface area contributed by atoms with E-state index in [4.69, 9.17) is 15.0 Å². The van der Waals surface area contributed by atoms with Gasteiger partial charge in [-0.2, -0.15) is 0 Å². The number of thiophene rings is 1. The normalized spacial score (nSPS) is 11.8. The van der Waals surface area contributed by atoms with Crippen LogP contribution in [0.15, 0.2) is 212 Å². The molecule has 0 radical (unpaired) electrons. The highest BCUT2D eigenvalue weighted by Crippen LogP contribution is 2.45. The predicted octanol–water partition coefficient (Wildman–Crippen LogP) is 16.3. The molecule has 11 aromatic carbocycles. The second-order valence-electron chi connectivity index (χ2n) is 16.3. The lowest BCUT2D eigenvalue weighted by Gasteiger charge is -2.18. The lowest BCUT2D eigenvalue weighted by molar-refractivity contribution is 1.08. The average molecular weight is 818 g/mol. The van der Waals surface area contributed by atoms with Crippen molar-refractivity contribution in [2.24, 2.45) is 0 Å². The van der Waals surface area contributed by atoms with Crippen LogP contribution >= 0.6 is 11.3 Å². The van der Waals surface area contributed by atoms with E-state index in [0.29, 0.717) is 17.5 Å². The first-order chi connectivity index (χ1) is 31.2. The van der Waals surface area contributed by atoms with Crippen LogP contribution in [0.5, 0.6) is 0 Å². The van der Waals surface area contributed by atoms with Crippen molar-refractivity contribution in [1.29, 1.82) is 0 Å². The van der Waals surface area contributed by atoms with Gasteiger partial charge >= 0.3 is 0 Å². The van der Waals surface area contributed by atoms with Crippen molar-refractivity contribution in [3.63, 3.8) is 0 Å². The highest BCUT2D eigenvalue weighted by molar-refractivity contribution is 7.26. The molecule has 2 heterocycles. The summed E-state index contributed by atoms with van der Waals surface area (Å²) in [5.41, 5.74) is 7.51. The summed E-state index contributed by atoms with van der Waals surface area (Å²) >= 11 is 1.79. The summed E-state index contributed by atoms with van der Waals surface area (Å²) in [6, 6.07) is 76.4. The first-order valence-electron chi connectivity index (χ1n) is 21.3. The first-order valence-corrected chi connectivity index (χ1v) is 22.2. The Balaban J connectivity index is 1.12. The Morgan fingerprint density at radius 1 is 0.270 bits per heavy atom. The summed E-state index contributed by atoms with van der Waals surface area (Å²) in [5.74, 6) is 1.92. The highest BCUT2D eigenvalue weighted by atomic mass is 32.1. The summed E-state index contributed by atoms with van der Waals surface area (Å²) in [4.78, 5) is 16.6. The topological polar surface area (TPSA) is 38.7 Å². The Bertz CT molecular complexity index is 4000. The molecule has 0 fully saturated rings. The summed E-state index contributed by atoms with van der Waals surface area (Å²) < 4.78 is 2.40. The van der Waals surface area contributed by atoms with Crippen LogP contribution in [-0.2, 0) is 0 Å². The fourth-order valence-corrected chi connectivity index (χ4v) is 11.0. The minimum Gasteiger partial charge on any atom is -0.208 e. The van der Waals surface area contributed by atoms with Gasteiger partial charge < -0.3 is 0 Å². The molecule has 13 rings (SSSR count). The van der Waals surface area contributed by atoms with Crippen molar-refractivity contribution in [2.45, 2.75) is 0 Å². The number of fused-ring (bicyclic) bond motifs is 9.